The van der Waals surface area contributed by atoms with E-state index in [0.717, 1.165) is 70.8 Å². The van der Waals surface area contributed by atoms with Crippen molar-refractivity contribution in [1.82, 2.24) is 24.9 Å². The van der Waals surface area contributed by atoms with E-state index in [1.54, 1.807) is 0 Å². The molecular formula is C18H31N5O2. The van der Waals surface area contributed by atoms with Gasteiger partial charge in [-0.1, -0.05) is 6.92 Å². The second-order valence-electron chi connectivity index (χ2n) is 7.52. The number of aliphatic hydroxyl groups is 1. The van der Waals surface area contributed by atoms with Crippen LogP contribution in [0.2, 0.25) is 0 Å². The van der Waals surface area contributed by atoms with Gasteiger partial charge in [-0.3, -0.25) is 19.3 Å². The molecule has 25 heavy (non-hydrogen) atoms. The summed E-state index contributed by atoms with van der Waals surface area (Å²) < 4.78 is 2.01. The smallest absolute Gasteiger partial charge is 0.234 e. The summed E-state index contributed by atoms with van der Waals surface area (Å²) in [7, 11) is 0. The molecule has 2 saturated heterocycles. The van der Waals surface area contributed by atoms with Crippen LogP contribution in [0.25, 0.3) is 0 Å². The van der Waals surface area contributed by atoms with Crippen LogP contribution >= 0.6 is 0 Å². The third kappa shape index (κ3) is 4.80. The fourth-order valence-electron chi connectivity index (χ4n) is 3.83. The Morgan fingerprint density at radius 2 is 2.16 bits per heavy atom. The third-order valence-electron chi connectivity index (χ3n) is 5.50. The molecule has 3 rings (SSSR count). The SMILES string of the molecule is CCC1(O)CCCN(CCn2cc(CN3CCNC(=O)C3)c(C)n2)C1. The summed E-state index contributed by atoms with van der Waals surface area (Å²) in [4.78, 5) is 16.0. The highest BCUT2D eigenvalue weighted by Crippen LogP contribution is 2.24. The van der Waals surface area contributed by atoms with Gasteiger partial charge in [-0.2, -0.15) is 5.10 Å². The molecule has 7 nitrogen and oxygen atoms in total. The maximum Gasteiger partial charge on any atom is 0.234 e. The van der Waals surface area contributed by atoms with Crippen molar-refractivity contribution in [3.05, 3.63) is 17.5 Å². The van der Waals surface area contributed by atoms with Crippen molar-refractivity contribution >= 4 is 5.91 Å². The summed E-state index contributed by atoms with van der Waals surface area (Å²) in [6, 6.07) is 0. The summed E-state index contributed by atoms with van der Waals surface area (Å²) >= 11 is 0. The average molecular weight is 349 g/mol. The normalized spacial score (nSPS) is 26.0. The molecule has 1 aromatic heterocycles. The largest absolute Gasteiger partial charge is 0.389 e. The van der Waals surface area contributed by atoms with Gasteiger partial charge < -0.3 is 10.4 Å². The van der Waals surface area contributed by atoms with E-state index >= 15 is 0 Å². The highest BCUT2D eigenvalue weighted by atomic mass is 16.3. The molecule has 3 heterocycles. The molecule has 2 N–H and O–H groups in total. The number of carbonyl (C=O) groups excluding carboxylic acids is 1. The molecule has 2 aliphatic rings. The van der Waals surface area contributed by atoms with E-state index in [0.29, 0.717) is 6.54 Å². The number of amides is 1. The van der Waals surface area contributed by atoms with Crippen LogP contribution in [0, 0.1) is 6.92 Å². The number of piperidine rings is 1. The Morgan fingerprint density at radius 3 is 2.92 bits per heavy atom. The van der Waals surface area contributed by atoms with Gasteiger partial charge in [-0.15, -0.1) is 0 Å². The van der Waals surface area contributed by atoms with Crippen LogP contribution in [0.4, 0.5) is 0 Å². The first-order valence-electron chi connectivity index (χ1n) is 9.44. The highest BCUT2D eigenvalue weighted by Gasteiger charge is 2.31. The van der Waals surface area contributed by atoms with Gasteiger partial charge in [-0.05, 0) is 32.7 Å². The first-order valence-corrected chi connectivity index (χ1v) is 9.44. The van der Waals surface area contributed by atoms with Gasteiger partial charge in [0.2, 0.25) is 5.91 Å². The minimum Gasteiger partial charge on any atom is -0.389 e. The van der Waals surface area contributed by atoms with Crippen LogP contribution in [0.1, 0.15) is 37.4 Å². The van der Waals surface area contributed by atoms with Crippen molar-refractivity contribution in [2.75, 3.05) is 39.3 Å². The van der Waals surface area contributed by atoms with Crippen LogP contribution in [0.15, 0.2) is 6.20 Å². The van der Waals surface area contributed by atoms with Gasteiger partial charge in [0, 0.05) is 44.5 Å². The molecule has 0 aromatic carbocycles. The van der Waals surface area contributed by atoms with Gasteiger partial charge in [0.05, 0.1) is 24.4 Å². The third-order valence-corrected chi connectivity index (χ3v) is 5.50. The number of likely N-dealkylation sites (tertiary alicyclic amines) is 1. The quantitative estimate of drug-likeness (QED) is 0.776. The second kappa shape index (κ2) is 7.85. The van der Waals surface area contributed by atoms with Gasteiger partial charge >= 0.3 is 0 Å². The molecular weight excluding hydrogens is 318 g/mol. The van der Waals surface area contributed by atoms with Crippen molar-refractivity contribution in [2.45, 2.75) is 51.8 Å². The monoisotopic (exact) mass is 349 g/mol. The fraction of sp³-hybridized carbons (Fsp3) is 0.778. The van der Waals surface area contributed by atoms with Crippen LogP contribution < -0.4 is 5.32 Å². The van der Waals surface area contributed by atoms with Crippen LogP contribution in [0.3, 0.4) is 0 Å². The number of carbonyl (C=O) groups is 1. The van der Waals surface area contributed by atoms with E-state index < -0.39 is 5.60 Å². The van der Waals surface area contributed by atoms with E-state index in [1.807, 2.05) is 11.6 Å². The summed E-state index contributed by atoms with van der Waals surface area (Å²) in [6.45, 7) is 10.5. The molecule has 7 heteroatoms. The molecule has 0 saturated carbocycles. The zero-order valence-corrected chi connectivity index (χ0v) is 15.5. The van der Waals surface area contributed by atoms with Gasteiger partial charge in [0.15, 0.2) is 0 Å². The van der Waals surface area contributed by atoms with E-state index in [1.165, 1.54) is 5.56 Å². The van der Waals surface area contributed by atoms with Crippen LogP contribution in [0.5, 0.6) is 0 Å². The number of aromatic nitrogens is 2. The molecule has 2 aliphatic heterocycles. The topological polar surface area (TPSA) is 73.6 Å². The summed E-state index contributed by atoms with van der Waals surface area (Å²) in [5, 5.41) is 18.0. The molecule has 0 radical (unpaired) electrons. The maximum atomic E-state index is 11.5. The molecule has 1 aromatic rings. The molecule has 140 valence electrons. The lowest BCUT2D eigenvalue weighted by Crippen LogP contribution is -2.48. The van der Waals surface area contributed by atoms with Gasteiger partial charge in [0.1, 0.15) is 0 Å². The molecule has 1 unspecified atom stereocenters. The zero-order chi connectivity index (χ0) is 17.9. The lowest BCUT2D eigenvalue weighted by atomic mass is 9.90. The first-order chi connectivity index (χ1) is 12.0. The van der Waals surface area contributed by atoms with E-state index in [9.17, 15) is 9.90 Å². The Labute approximate surface area is 150 Å². The molecule has 0 bridgehead atoms. The lowest BCUT2D eigenvalue weighted by molar-refractivity contribution is -0.124. The van der Waals surface area contributed by atoms with Crippen molar-refractivity contribution in [3.63, 3.8) is 0 Å². The number of aryl methyl sites for hydroxylation is 1. The second-order valence-corrected chi connectivity index (χ2v) is 7.52. The number of hydrogen-bond acceptors (Lipinski definition) is 5. The van der Waals surface area contributed by atoms with E-state index in [4.69, 9.17) is 0 Å². The van der Waals surface area contributed by atoms with Crippen molar-refractivity contribution in [2.24, 2.45) is 0 Å². The first kappa shape index (κ1) is 18.4. The minimum atomic E-state index is -0.516. The number of nitrogens with one attached hydrogen (secondary N) is 1. The number of nitrogens with zero attached hydrogens (tertiary/aromatic N) is 4. The van der Waals surface area contributed by atoms with Crippen molar-refractivity contribution in [1.29, 1.82) is 0 Å². The van der Waals surface area contributed by atoms with Crippen LogP contribution in [-0.2, 0) is 17.9 Å². The Kier molecular flexibility index (Phi) is 5.76. The van der Waals surface area contributed by atoms with E-state index in [-0.39, 0.29) is 5.91 Å². The van der Waals surface area contributed by atoms with Gasteiger partial charge in [0.25, 0.3) is 0 Å². The summed E-state index contributed by atoms with van der Waals surface area (Å²) in [5.74, 6) is 0.102. The Balaban J connectivity index is 1.53. The Bertz CT molecular complexity index is 602. The zero-order valence-electron chi connectivity index (χ0n) is 15.5. The summed E-state index contributed by atoms with van der Waals surface area (Å²) in [6.07, 6.45) is 4.90. The van der Waals surface area contributed by atoms with Gasteiger partial charge in [-0.25, -0.2) is 0 Å². The minimum absolute atomic E-state index is 0.102. The molecule has 1 amide bonds. The lowest BCUT2D eigenvalue weighted by Gasteiger charge is -2.38. The molecule has 2 fully saturated rings. The van der Waals surface area contributed by atoms with Crippen molar-refractivity contribution < 1.29 is 9.90 Å². The Morgan fingerprint density at radius 1 is 1.32 bits per heavy atom. The average Bonchev–Trinajstić information content (AvgIpc) is 2.93. The number of piperazine rings is 1. The number of hydrogen-bond donors (Lipinski definition) is 2. The number of rotatable bonds is 6. The maximum absolute atomic E-state index is 11.5. The van der Waals surface area contributed by atoms with Crippen LogP contribution in [-0.4, -0.2) is 75.5 Å². The molecule has 0 spiro atoms. The van der Waals surface area contributed by atoms with Crippen molar-refractivity contribution in [3.8, 4) is 0 Å². The Hall–Kier alpha value is -1.44. The molecule has 0 aliphatic carbocycles. The highest BCUT2D eigenvalue weighted by molar-refractivity contribution is 5.78. The summed E-state index contributed by atoms with van der Waals surface area (Å²) in [5.41, 5.74) is 1.71. The standard InChI is InChI=1S/C18H31N5O2/c1-3-18(25)5-4-7-21(14-18)9-10-23-12-16(15(2)20-23)11-22-8-6-19-17(24)13-22/h12,25H,3-11,13-14H2,1-2H3,(H,19,24). The van der Waals surface area contributed by atoms with E-state index in [2.05, 4.69) is 33.3 Å². The predicted octanol–water partition coefficient (Wildman–Crippen LogP) is 0.360. The fourth-order valence-corrected chi connectivity index (χ4v) is 3.83. The number of β-amino-alcohol motifs (C(OH)–C–C–N with tert-alkyl or cyclic N) is 1. The predicted molar refractivity (Wildman–Crippen MR) is 96.2 cm³/mol. The molecule has 1 atom stereocenters.